The van der Waals surface area contributed by atoms with Gasteiger partial charge in [-0.05, 0) is 6.07 Å². The predicted octanol–water partition coefficient (Wildman–Crippen LogP) is -0.933. The smallest absolute Gasteiger partial charge is 0.250 e. The van der Waals surface area contributed by atoms with Crippen LogP contribution in [0.2, 0.25) is 0 Å². The number of aromatic nitrogens is 2. The quantitative estimate of drug-likeness (QED) is 0.711. The van der Waals surface area contributed by atoms with Crippen LogP contribution in [0.5, 0.6) is 0 Å². The summed E-state index contributed by atoms with van der Waals surface area (Å²) in [6, 6.07) is 1.95. The SMILES string of the molecule is Cn1ccc(CCNC(=O)C2CNCCO2)n1. The summed E-state index contributed by atoms with van der Waals surface area (Å²) in [7, 11) is 1.88. The molecule has 0 aromatic carbocycles. The van der Waals surface area contributed by atoms with Gasteiger partial charge < -0.3 is 15.4 Å². The van der Waals surface area contributed by atoms with E-state index in [1.807, 2.05) is 19.3 Å². The van der Waals surface area contributed by atoms with Crippen LogP contribution >= 0.6 is 0 Å². The Hall–Kier alpha value is -1.40. The van der Waals surface area contributed by atoms with E-state index in [1.54, 1.807) is 4.68 Å². The summed E-state index contributed by atoms with van der Waals surface area (Å²) < 4.78 is 7.11. The molecule has 0 spiro atoms. The fourth-order valence-corrected chi connectivity index (χ4v) is 1.76. The van der Waals surface area contributed by atoms with Crippen molar-refractivity contribution in [2.75, 3.05) is 26.2 Å². The maximum Gasteiger partial charge on any atom is 0.250 e. The van der Waals surface area contributed by atoms with Crippen LogP contribution in [0.1, 0.15) is 5.69 Å². The summed E-state index contributed by atoms with van der Waals surface area (Å²) in [5, 5.41) is 10.2. The Bertz CT molecular complexity index is 371. The molecule has 6 nitrogen and oxygen atoms in total. The van der Waals surface area contributed by atoms with Gasteiger partial charge in [-0.2, -0.15) is 5.10 Å². The van der Waals surface area contributed by atoms with Gasteiger partial charge in [0.05, 0.1) is 12.3 Å². The van der Waals surface area contributed by atoms with Gasteiger partial charge in [0.2, 0.25) is 5.91 Å². The molecule has 1 fully saturated rings. The van der Waals surface area contributed by atoms with Crippen molar-refractivity contribution >= 4 is 5.91 Å². The highest BCUT2D eigenvalue weighted by Crippen LogP contribution is 1.97. The number of hydrogen-bond donors (Lipinski definition) is 2. The molecule has 1 amide bonds. The fraction of sp³-hybridized carbons (Fsp3) is 0.636. The van der Waals surface area contributed by atoms with E-state index in [0.29, 0.717) is 19.7 Å². The zero-order chi connectivity index (χ0) is 12.1. The maximum absolute atomic E-state index is 11.7. The molecule has 0 bridgehead atoms. The van der Waals surface area contributed by atoms with Gasteiger partial charge in [0.1, 0.15) is 6.10 Å². The Balaban J connectivity index is 1.69. The minimum Gasteiger partial charge on any atom is -0.366 e. The van der Waals surface area contributed by atoms with Crippen LogP contribution in [-0.4, -0.2) is 48.0 Å². The van der Waals surface area contributed by atoms with Gasteiger partial charge >= 0.3 is 0 Å². The number of morpholine rings is 1. The second-order valence-corrected chi connectivity index (χ2v) is 4.09. The van der Waals surface area contributed by atoms with Gasteiger partial charge in [-0.3, -0.25) is 9.48 Å². The molecular formula is C11H18N4O2. The lowest BCUT2D eigenvalue weighted by Crippen LogP contribution is -2.48. The third-order valence-corrected chi connectivity index (χ3v) is 2.67. The van der Waals surface area contributed by atoms with E-state index in [1.165, 1.54) is 0 Å². The zero-order valence-electron chi connectivity index (χ0n) is 9.98. The first-order valence-corrected chi connectivity index (χ1v) is 5.84. The van der Waals surface area contributed by atoms with Crippen molar-refractivity contribution in [3.05, 3.63) is 18.0 Å². The topological polar surface area (TPSA) is 68.2 Å². The molecule has 2 heterocycles. The number of amides is 1. The van der Waals surface area contributed by atoms with Crippen LogP contribution in [0.3, 0.4) is 0 Å². The molecule has 1 atom stereocenters. The molecule has 1 unspecified atom stereocenters. The molecule has 1 saturated heterocycles. The van der Waals surface area contributed by atoms with Crippen LogP contribution in [0, 0.1) is 0 Å². The van der Waals surface area contributed by atoms with Crippen molar-refractivity contribution < 1.29 is 9.53 Å². The number of hydrogen-bond acceptors (Lipinski definition) is 4. The molecule has 2 N–H and O–H groups in total. The Morgan fingerprint density at radius 3 is 3.29 bits per heavy atom. The van der Waals surface area contributed by atoms with E-state index in [0.717, 1.165) is 18.7 Å². The summed E-state index contributed by atoms with van der Waals surface area (Å²) in [5.74, 6) is -0.0480. The maximum atomic E-state index is 11.7. The molecule has 0 radical (unpaired) electrons. The minimum absolute atomic E-state index is 0.0480. The van der Waals surface area contributed by atoms with Crippen LogP contribution in [0.15, 0.2) is 12.3 Å². The van der Waals surface area contributed by atoms with Crippen LogP contribution in [0.25, 0.3) is 0 Å². The summed E-state index contributed by atoms with van der Waals surface area (Å²) in [6.45, 7) is 2.60. The molecule has 1 aliphatic heterocycles. The largest absolute Gasteiger partial charge is 0.366 e. The third-order valence-electron chi connectivity index (χ3n) is 2.67. The lowest BCUT2D eigenvalue weighted by atomic mass is 10.2. The highest BCUT2D eigenvalue weighted by atomic mass is 16.5. The van der Waals surface area contributed by atoms with Crippen LogP contribution in [-0.2, 0) is 23.0 Å². The van der Waals surface area contributed by atoms with E-state index in [2.05, 4.69) is 15.7 Å². The average molecular weight is 238 g/mol. The first-order valence-electron chi connectivity index (χ1n) is 5.84. The molecular weight excluding hydrogens is 220 g/mol. The number of rotatable bonds is 4. The number of nitrogens with zero attached hydrogens (tertiary/aromatic N) is 2. The molecule has 94 valence electrons. The standard InChI is InChI=1S/C11H18N4O2/c1-15-6-3-9(14-15)2-4-13-11(16)10-8-12-5-7-17-10/h3,6,10,12H,2,4-5,7-8H2,1H3,(H,13,16). The summed E-state index contributed by atoms with van der Waals surface area (Å²) in [6.07, 6.45) is 2.28. The van der Waals surface area contributed by atoms with Crippen molar-refractivity contribution in [3.63, 3.8) is 0 Å². The Labute approximate surface area is 100 Å². The van der Waals surface area contributed by atoms with Crippen molar-refractivity contribution in [1.82, 2.24) is 20.4 Å². The van der Waals surface area contributed by atoms with Crippen molar-refractivity contribution in [2.45, 2.75) is 12.5 Å². The highest BCUT2D eigenvalue weighted by Gasteiger charge is 2.20. The van der Waals surface area contributed by atoms with Crippen LogP contribution in [0.4, 0.5) is 0 Å². The second kappa shape index (κ2) is 5.79. The molecule has 17 heavy (non-hydrogen) atoms. The van der Waals surface area contributed by atoms with E-state index < -0.39 is 0 Å². The van der Waals surface area contributed by atoms with Gasteiger partial charge in [0, 0.05) is 39.3 Å². The predicted molar refractivity (Wildman–Crippen MR) is 62.5 cm³/mol. The first-order chi connectivity index (χ1) is 8.25. The lowest BCUT2D eigenvalue weighted by Gasteiger charge is -2.22. The van der Waals surface area contributed by atoms with Crippen molar-refractivity contribution in [3.8, 4) is 0 Å². The number of nitrogens with one attached hydrogen (secondary N) is 2. The molecule has 6 heteroatoms. The third kappa shape index (κ3) is 3.54. The number of aryl methyl sites for hydroxylation is 1. The first kappa shape index (κ1) is 12.1. The normalized spacial score (nSPS) is 20.2. The Morgan fingerprint density at radius 2 is 2.65 bits per heavy atom. The van der Waals surface area contributed by atoms with Gasteiger partial charge in [-0.25, -0.2) is 0 Å². The average Bonchev–Trinajstić information content (AvgIpc) is 2.76. The Morgan fingerprint density at radius 1 is 1.76 bits per heavy atom. The second-order valence-electron chi connectivity index (χ2n) is 4.09. The molecule has 1 aromatic rings. The molecule has 2 rings (SSSR count). The van der Waals surface area contributed by atoms with Gasteiger partial charge in [-0.1, -0.05) is 0 Å². The monoisotopic (exact) mass is 238 g/mol. The fourth-order valence-electron chi connectivity index (χ4n) is 1.76. The number of carbonyl (C=O) groups is 1. The number of carbonyl (C=O) groups excluding carboxylic acids is 1. The van der Waals surface area contributed by atoms with E-state index in [-0.39, 0.29) is 12.0 Å². The number of ether oxygens (including phenoxy) is 1. The Kier molecular flexibility index (Phi) is 4.11. The zero-order valence-corrected chi connectivity index (χ0v) is 9.98. The van der Waals surface area contributed by atoms with Gasteiger partial charge in [-0.15, -0.1) is 0 Å². The molecule has 1 aromatic heterocycles. The van der Waals surface area contributed by atoms with Gasteiger partial charge in [0.15, 0.2) is 0 Å². The summed E-state index contributed by atoms with van der Waals surface area (Å²) in [5.41, 5.74) is 0.982. The highest BCUT2D eigenvalue weighted by molar-refractivity contribution is 5.81. The molecule has 0 saturated carbocycles. The molecule has 0 aliphatic carbocycles. The minimum atomic E-state index is -0.354. The van der Waals surface area contributed by atoms with E-state index in [4.69, 9.17) is 4.74 Å². The summed E-state index contributed by atoms with van der Waals surface area (Å²) in [4.78, 5) is 11.7. The lowest BCUT2D eigenvalue weighted by molar-refractivity contribution is -0.134. The van der Waals surface area contributed by atoms with E-state index in [9.17, 15) is 4.79 Å². The summed E-state index contributed by atoms with van der Waals surface area (Å²) >= 11 is 0. The van der Waals surface area contributed by atoms with Crippen LogP contribution < -0.4 is 10.6 Å². The van der Waals surface area contributed by atoms with E-state index >= 15 is 0 Å². The van der Waals surface area contributed by atoms with Crippen molar-refractivity contribution in [2.24, 2.45) is 7.05 Å². The van der Waals surface area contributed by atoms with Crippen molar-refractivity contribution in [1.29, 1.82) is 0 Å². The van der Waals surface area contributed by atoms with Gasteiger partial charge in [0.25, 0.3) is 0 Å². The molecule has 1 aliphatic rings.